The van der Waals surface area contributed by atoms with E-state index in [0.717, 1.165) is 0 Å². The van der Waals surface area contributed by atoms with Crippen molar-refractivity contribution in [1.82, 2.24) is 6.15 Å². The fraction of sp³-hybridized carbons (Fsp3) is 1.00. The largest absolute Gasteiger partial charge is 0.748 e. The van der Waals surface area contributed by atoms with Gasteiger partial charge in [-0.2, -0.15) is 22.0 Å². The SMILES string of the molecule is O=S(=O)([O-])CCC(F)(F)C(F)(F)F.[NH4+]. The molecule has 10 heteroatoms. The summed E-state index contributed by atoms with van der Waals surface area (Å²) in [6, 6.07) is 0. The minimum atomic E-state index is -5.82. The normalized spacial score (nSPS) is 13.6. The van der Waals surface area contributed by atoms with Gasteiger partial charge < -0.3 is 10.7 Å². The van der Waals surface area contributed by atoms with Crippen LogP contribution < -0.4 is 6.15 Å². The number of hydrogen-bond acceptors (Lipinski definition) is 3. The number of alkyl halides is 5. The molecule has 4 nitrogen and oxygen atoms in total. The molecule has 0 aliphatic carbocycles. The molecule has 0 spiro atoms. The average molecular weight is 245 g/mol. The molecule has 4 N–H and O–H groups in total. The van der Waals surface area contributed by atoms with E-state index in [2.05, 4.69) is 0 Å². The highest BCUT2D eigenvalue weighted by atomic mass is 32.2. The van der Waals surface area contributed by atoms with Gasteiger partial charge in [0.2, 0.25) is 0 Å². The van der Waals surface area contributed by atoms with Crippen LogP contribution in [0, 0.1) is 0 Å². The van der Waals surface area contributed by atoms with Gasteiger partial charge in [0.25, 0.3) is 0 Å². The molecule has 0 fully saturated rings. The standard InChI is InChI=1S/C4H5F5O3S.H3N/c5-3(6,4(7,8)9)1-2-13(10,11)12;/h1-2H2,(H,10,11,12);1H3. The van der Waals surface area contributed by atoms with Gasteiger partial charge in [0.15, 0.2) is 0 Å². The Labute approximate surface area is 76.4 Å². The second kappa shape index (κ2) is 4.36. The predicted molar refractivity (Wildman–Crippen MR) is 36.2 cm³/mol. The van der Waals surface area contributed by atoms with Crippen molar-refractivity contribution in [1.29, 1.82) is 0 Å². The van der Waals surface area contributed by atoms with E-state index in [0.29, 0.717) is 0 Å². The molecule has 0 heterocycles. The summed E-state index contributed by atoms with van der Waals surface area (Å²) in [6.45, 7) is 0. The van der Waals surface area contributed by atoms with Crippen LogP contribution in [0.3, 0.4) is 0 Å². The van der Waals surface area contributed by atoms with Gasteiger partial charge in [0.05, 0.1) is 10.1 Å². The fourth-order valence-electron chi connectivity index (χ4n) is 0.395. The van der Waals surface area contributed by atoms with Crippen molar-refractivity contribution in [3.05, 3.63) is 0 Å². The van der Waals surface area contributed by atoms with Crippen LogP contribution in [0.4, 0.5) is 22.0 Å². The second-order valence-electron chi connectivity index (χ2n) is 2.21. The van der Waals surface area contributed by atoms with Gasteiger partial charge in [-0.1, -0.05) is 0 Å². The zero-order chi connectivity index (χ0) is 10.9. The predicted octanol–water partition coefficient (Wildman–Crippen LogP) is 1.50. The van der Waals surface area contributed by atoms with E-state index in [1.54, 1.807) is 0 Å². The highest BCUT2D eigenvalue weighted by molar-refractivity contribution is 7.85. The van der Waals surface area contributed by atoms with Crippen molar-refractivity contribution in [2.75, 3.05) is 5.75 Å². The topological polar surface area (TPSA) is 93.7 Å². The van der Waals surface area contributed by atoms with E-state index in [1.807, 2.05) is 0 Å². The lowest BCUT2D eigenvalue weighted by Crippen LogP contribution is -2.37. The van der Waals surface area contributed by atoms with E-state index in [1.165, 1.54) is 0 Å². The van der Waals surface area contributed by atoms with Crippen LogP contribution in [0.1, 0.15) is 6.42 Å². The zero-order valence-corrected chi connectivity index (χ0v) is 7.75. The number of rotatable bonds is 3. The maximum atomic E-state index is 11.9. The maximum Gasteiger partial charge on any atom is 0.453 e. The molecule has 0 atom stereocenters. The quantitative estimate of drug-likeness (QED) is 0.602. The van der Waals surface area contributed by atoms with E-state index < -0.39 is 34.4 Å². The van der Waals surface area contributed by atoms with Gasteiger partial charge in [-0.3, -0.25) is 0 Å². The summed E-state index contributed by atoms with van der Waals surface area (Å²) >= 11 is 0. The van der Waals surface area contributed by atoms with Crippen molar-refractivity contribution in [2.45, 2.75) is 18.5 Å². The van der Waals surface area contributed by atoms with Crippen molar-refractivity contribution in [3.8, 4) is 0 Å². The monoisotopic (exact) mass is 245 g/mol. The summed E-state index contributed by atoms with van der Waals surface area (Å²) in [7, 11) is -5.05. The molecule has 0 aromatic carbocycles. The first kappa shape index (κ1) is 16.0. The summed E-state index contributed by atoms with van der Waals surface area (Å²) < 4.78 is 87.2. The third-order valence-electron chi connectivity index (χ3n) is 1.08. The van der Waals surface area contributed by atoms with Crippen LogP contribution in [-0.2, 0) is 10.1 Å². The number of quaternary nitrogens is 1. The van der Waals surface area contributed by atoms with E-state index >= 15 is 0 Å². The van der Waals surface area contributed by atoms with Gasteiger partial charge in [0.1, 0.15) is 0 Å². The van der Waals surface area contributed by atoms with E-state index in [-0.39, 0.29) is 6.15 Å². The van der Waals surface area contributed by atoms with Crippen LogP contribution in [0.15, 0.2) is 0 Å². The second-order valence-corrected chi connectivity index (χ2v) is 3.74. The van der Waals surface area contributed by atoms with Crippen molar-refractivity contribution in [3.63, 3.8) is 0 Å². The van der Waals surface area contributed by atoms with Gasteiger partial charge in [-0.05, 0) is 0 Å². The molecule has 0 aliphatic rings. The van der Waals surface area contributed by atoms with Crippen LogP contribution >= 0.6 is 0 Å². The molecule has 0 rings (SSSR count). The van der Waals surface area contributed by atoms with Crippen molar-refractivity contribution >= 4 is 10.1 Å². The Morgan fingerprint density at radius 1 is 1.07 bits per heavy atom. The molecule has 0 unspecified atom stereocenters. The molecule has 0 radical (unpaired) electrons. The van der Waals surface area contributed by atoms with Crippen LogP contribution in [0.5, 0.6) is 0 Å². The van der Waals surface area contributed by atoms with Gasteiger partial charge in [-0.25, -0.2) is 8.42 Å². The van der Waals surface area contributed by atoms with E-state index in [4.69, 9.17) is 0 Å². The Morgan fingerprint density at radius 3 is 1.64 bits per heavy atom. The molecule has 88 valence electrons. The molecule has 0 aliphatic heterocycles. The Balaban J connectivity index is 0. The van der Waals surface area contributed by atoms with E-state index in [9.17, 15) is 34.9 Å². The average Bonchev–Trinajstić information content (AvgIpc) is 1.79. The summed E-state index contributed by atoms with van der Waals surface area (Å²) in [5.74, 6) is -6.87. The van der Waals surface area contributed by atoms with Crippen LogP contribution in [-0.4, -0.2) is 30.8 Å². The zero-order valence-electron chi connectivity index (χ0n) is 6.94. The minimum Gasteiger partial charge on any atom is -0.748 e. The molecular formula is C4H8F5NO3S. The molecule has 0 saturated carbocycles. The molecule has 0 aromatic rings. The van der Waals surface area contributed by atoms with Gasteiger partial charge >= 0.3 is 12.1 Å². The third-order valence-corrected chi connectivity index (χ3v) is 1.78. The summed E-state index contributed by atoms with van der Waals surface area (Å²) in [4.78, 5) is 0. The third kappa shape index (κ3) is 5.29. The molecule has 0 saturated heterocycles. The van der Waals surface area contributed by atoms with Crippen LogP contribution in [0.25, 0.3) is 0 Å². The van der Waals surface area contributed by atoms with Crippen molar-refractivity contribution < 1.29 is 34.9 Å². The Hall–Kier alpha value is -0.480. The first-order chi connectivity index (χ1) is 5.46. The number of halogens is 5. The summed E-state index contributed by atoms with van der Waals surface area (Å²) in [5.41, 5.74) is 0. The Morgan fingerprint density at radius 2 is 1.43 bits per heavy atom. The van der Waals surface area contributed by atoms with Crippen LogP contribution in [0.2, 0.25) is 0 Å². The molecular weight excluding hydrogens is 237 g/mol. The van der Waals surface area contributed by atoms with Gasteiger partial charge in [0, 0.05) is 12.2 Å². The molecule has 0 aromatic heterocycles. The summed E-state index contributed by atoms with van der Waals surface area (Å²) in [5, 5.41) is 0. The van der Waals surface area contributed by atoms with Crippen molar-refractivity contribution in [2.24, 2.45) is 0 Å². The lowest BCUT2D eigenvalue weighted by Gasteiger charge is -2.19. The number of hydrogen-bond donors (Lipinski definition) is 1. The molecule has 0 bridgehead atoms. The first-order valence-electron chi connectivity index (χ1n) is 2.84. The highest BCUT2D eigenvalue weighted by Crippen LogP contribution is 2.38. The smallest absolute Gasteiger partial charge is 0.453 e. The Kier molecular flexibility index (Phi) is 4.97. The highest BCUT2D eigenvalue weighted by Gasteiger charge is 2.56. The Bertz CT molecular complexity index is 271. The first-order valence-corrected chi connectivity index (χ1v) is 4.41. The molecule has 14 heavy (non-hydrogen) atoms. The fourth-order valence-corrected chi connectivity index (χ4v) is 0.901. The lowest BCUT2D eigenvalue weighted by molar-refractivity contribution is -0.282. The summed E-state index contributed by atoms with van der Waals surface area (Å²) in [6.07, 6.45) is -7.86. The minimum absolute atomic E-state index is 0. The molecule has 0 amide bonds. The van der Waals surface area contributed by atoms with Gasteiger partial charge in [-0.15, -0.1) is 0 Å². The maximum absolute atomic E-state index is 11.9. The lowest BCUT2D eigenvalue weighted by atomic mass is 10.2.